The first-order chi connectivity index (χ1) is 13.3. The molecule has 1 aromatic rings. The van der Waals surface area contributed by atoms with Crippen LogP contribution in [0.4, 0.5) is 5.69 Å². The second kappa shape index (κ2) is 8.33. The highest BCUT2D eigenvalue weighted by Crippen LogP contribution is 2.36. The molecule has 6 heteroatoms. The van der Waals surface area contributed by atoms with Crippen LogP contribution >= 0.6 is 0 Å². The lowest BCUT2D eigenvalue weighted by Crippen LogP contribution is -2.45. The van der Waals surface area contributed by atoms with Gasteiger partial charge in [-0.3, -0.25) is 9.59 Å². The van der Waals surface area contributed by atoms with Crippen molar-refractivity contribution in [1.82, 2.24) is 4.90 Å². The fraction of sp³-hybridized carbons (Fsp3) is 0.591. The van der Waals surface area contributed by atoms with Crippen molar-refractivity contribution in [2.75, 3.05) is 19.0 Å². The highest BCUT2D eigenvalue weighted by Gasteiger charge is 2.41. The van der Waals surface area contributed by atoms with Gasteiger partial charge >= 0.3 is 5.97 Å². The maximum Gasteiger partial charge on any atom is 0.337 e. The SMILES string of the molecule is COC(=O)c1ccc(C)c(NC(=O)[C@@H]2CC(=O)N([C@H]3CCC[C@H](C)[C@@H]3C)C2)c1. The lowest BCUT2D eigenvalue weighted by molar-refractivity contribution is -0.131. The van der Waals surface area contributed by atoms with E-state index in [0.29, 0.717) is 29.6 Å². The number of carbonyl (C=O) groups excluding carboxylic acids is 3. The third-order valence-corrected chi connectivity index (χ3v) is 6.51. The number of ether oxygens (including phenoxy) is 1. The highest BCUT2D eigenvalue weighted by atomic mass is 16.5. The number of amides is 2. The van der Waals surface area contributed by atoms with Crippen molar-refractivity contribution in [3.05, 3.63) is 29.3 Å². The molecule has 1 aliphatic carbocycles. The van der Waals surface area contributed by atoms with E-state index in [0.717, 1.165) is 18.4 Å². The van der Waals surface area contributed by atoms with Gasteiger partial charge in [0.25, 0.3) is 0 Å². The smallest absolute Gasteiger partial charge is 0.337 e. The number of aryl methyl sites for hydroxylation is 1. The standard InChI is InChI=1S/C22H30N2O4/c1-13-6-5-7-19(15(13)3)24-12-17(11-20(24)25)21(26)23-18-10-16(22(27)28-4)9-8-14(18)2/h8-10,13,15,17,19H,5-7,11-12H2,1-4H3,(H,23,26)/t13-,15-,17+,19-/m0/s1. The normalized spacial score (nSPS) is 27.6. The number of esters is 1. The van der Waals surface area contributed by atoms with Gasteiger partial charge in [0, 0.05) is 24.7 Å². The fourth-order valence-electron chi connectivity index (χ4n) is 4.46. The van der Waals surface area contributed by atoms with E-state index < -0.39 is 5.97 Å². The molecule has 1 N–H and O–H groups in total. The maximum atomic E-state index is 12.8. The number of benzene rings is 1. The average Bonchev–Trinajstić information content (AvgIpc) is 3.06. The van der Waals surface area contributed by atoms with Crippen molar-refractivity contribution in [3.63, 3.8) is 0 Å². The zero-order valence-corrected chi connectivity index (χ0v) is 17.2. The Morgan fingerprint density at radius 2 is 1.96 bits per heavy atom. The molecule has 4 atom stereocenters. The summed E-state index contributed by atoms with van der Waals surface area (Å²) in [5, 5.41) is 2.91. The highest BCUT2D eigenvalue weighted by molar-refractivity contribution is 5.99. The van der Waals surface area contributed by atoms with Gasteiger partial charge in [-0.1, -0.05) is 32.8 Å². The van der Waals surface area contributed by atoms with E-state index in [1.807, 2.05) is 11.8 Å². The van der Waals surface area contributed by atoms with Crippen molar-refractivity contribution >= 4 is 23.5 Å². The Morgan fingerprint density at radius 3 is 2.68 bits per heavy atom. The fourth-order valence-corrected chi connectivity index (χ4v) is 4.46. The Labute approximate surface area is 166 Å². The van der Waals surface area contributed by atoms with Crippen LogP contribution in [0.25, 0.3) is 0 Å². The van der Waals surface area contributed by atoms with Crippen molar-refractivity contribution in [2.45, 2.75) is 52.5 Å². The summed E-state index contributed by atoms with van der Waals surface area (Å²) in [6, 6.07) is 5.30. The summed E-state index contributed by atoms with van der Waals surface area (Å²) in [6.07, 6.45) is 3.61. The van der Waals surface area contributed by atoms with Gasteiger partial charge in [0.2, 0.25) is 11.8 Å². The third-order valence-electron chi connectivity index (χ3n) is 6.51. The van der Waals surface area contributed by atoms with E-state index in [1.165, 1.54) is 13.5 Å². The van der Waals surface area contributed by atoms with Crippen molar-refractivity contribution in [3.8, 4) is 0 Å². The quantitative estimate of drug-likeness (QED) is 0.805. The minimum atomic E-state index is -0.446. The number of nitrogens with zero attached hydrogens (tertiary/aromatic N) is 1. The molecule has 0 aromatic heterocycles. The molecule has 1 aromatic carbocycles. The van der Waals surface area contributed by atoms with Crippen molar-refractivity contribution < 1.29 is 19.1 Å². The monoisotopic (exact) mass is 386 g/mol. The Kier molecular flexibility index (Phi) is 6.06. The molecule has 0 bridgehead atoms. The molecule has 152 valence electrons. The second-order valence-electron chi connectivity index (χ2n) is 8.29. The number of hydrogen-bond donors (Lipinski definition) is 1. The van der Waals surface area contributed by atoms with E-state index in [2.05, 4.69) is 19.2 Å². The van der Waals surface area contributed by atoms with Gasteiger partial charge in [-0.25, -0.2) is 4.79 Å². The molecule has 3 rings (SSSR count). The molecule has 0 spiro atoms. The summed E-state index contributed by atoms with van der Waals surface area (Å²) in [7, 11) is 1.33. The number of nitrogens with one attached hydrogen (secondary N) is 1. The van der Waals surface area contributed by atoms with Crippen LogP contribution in [0.3, 0.4) is 0 Å². The Bertz CT molecular complexity index is 776. The number of likely N-dealkylation sites (tertiary alicyclic amines) is 1. The average molecular weight is 386 g/mol. The van der Waals surface area contributed by atoms with Crippen LogP contribution in [0.15, 0.2) is 18.2 Å². The van der Waals surface area contributed by atoms with Crippen LogP contribution in [0.2, 0.25) is 0 Å². The molecule has 6 nitrogen and oxygen atoms in total. The van der Waals surface area contributed by atoms with Crippen LogP contribution in [0.1, 0.15) is 55.5 Å². The first-order valence-electron chi connectivity index (χ1n) is 10.1. The molecule has 1 heterocycles. The number of methoxy groups -OCH3 is 1. The predicted octanol–water partition coefficient (Wildman–Crippen LogP) is 3.39. The number of hydrogen-bond acceptors (Lipinski definition) is 4. The van der Waals surface area contributed by atoms with E-state index in [9.17, 15) is 14.4 Å². The molecule has 2 fully saturated rings. The van der Waals surface area contributed by atoms with Gasteiger partial charge in [0.05, 0.1) is 18.6 Å². The number of carbonyl (C=O) groups is 3. The number of rotatable bonds is 4. The molecule has 2 amide bonds. The van der Waals surface area contributed by atoms with Crippen molar-refractivity contribution in [1.29, 1.82) is 0 Å². The lowest BCUT2D eigenvalue weighted by Gasteiger charge is -2.40. The first-order valence-corrected chi connectivity index (χ1v) is 10.1. The van der Waals surface area contributed by atoms with E-state index >= 15 is 0 Å². The van der Waals surface area contributed by atoms with Crippen LogP contribution in [-0.4, -0.2) is 42.4 Å². The Hall–Kier alpha value is -2.37. The molecular weight excluding hydrogens is 356 g/mol. The van der Waals surface area contributed by atoms with E-state index in [-0.39, 0.29) is 30.2 Å². The largest absolute Gasteiger partial charge is 0.465 e. The van der Waals surface area contributed by atoms with E-state index in [1.54, 1.807) is 18.2 Å². The summed E-state index contributed by atoms with van der Waals surface area (Å²) >= 11 is 0. The zero-order valence-electron chi connectivity index (χ0n) is 17.2. The second-order valence-corrected chi connectivity index (χ2v) is 8.29. The van der Waals surface area contributed by atoms with E-state index in [4.69, 9.17) is 4.74 Å². The van der Waals surface area contributed by atoms with Gasteiger partial charge in [-0.15, -0.1) is 0 Å². The molecule has 1 saturated carbocycles. The van der Waals surface area contributed by atoms with Gasteiger partial charge in [-0.05, 0) is 42.9 Å². The molecule has 0 radical (unpaired) electrons. The number of anilines is 1. The van der Waals surface area contributed by atoms with Gasteiger partial charge in [0.15, 0.2) is 0 Å². The van der Waals surface area contributed by atoms with Crippen LogP contribution in [-0.2, 0) is 14.3 Å². The van der Waals surface area contributed by atoms with Gasteiger partial charge < -0.3 is 15.0 Å². The molecule has 1 aliphatic heterocycles. The van der Waals surface area contributed by atoms with Gasteiger partial charge in [-0.2, -0.15) is 0 Å². The molecule has 28 heavy (non-hydrogen) atoms. The summed E-state index contributed by atoms with van der Waals surface area (Å²) in [6.45, 7) is 6.81. The van der Waals surface area contributed by atoms with Gasteiger partial charge in [0.1, 0.15) is 0 Å². The molecule has 1 saturated heterocycles. The molecular formula is C22H30N2O4. The Balaban J connectivity index is 1.69. The summed E-state index contributed by atoms with van der Waals surface area (Å²) < 4.78 is 4.75. The topological polar surface area (TPSA) is 75.7 Å². The third kappa shape index (κ3) is 4.05. The predicted molar refractivity (Wildman–Crippen MR) is 107 cm³/mol. The van der Waals surface area contributed by atoms with Crippen LogP contribution in [0, 0.1) is 24.7 Å². The molecule has 2 aliphatic rings. The minimum Gasteiger partial charge on any atom is -0.465 e. The van der Waals surface area contributed by atoms with Crippen LogP contribution < -0.4 is 5.32 Å². The molecule has 0 unspecified atom stereocenters. The zero-order chi connectivity index (χ0) is 20.4. The first kappa shape index (κ1) is 20.4. The van der Waals surface area contributed by atoms with Crippen LogP contribution in [0.5, 0.6) is 0 Å². The lowest BCUT2D eigenvalue weighted by atomic mass is 9.77. The Morgan fingerprint density at radius 1 is 1.21 bits per heavy atom. The van der Waals surface area contributed by atoms with Crippen molar-refractivity contribution in [2.24, 2.45) is 17.8 Å². The summed E-state index contributed by atoms with van der Waals surface area (Å²) in [4.78, 5) is 39.1. The maximum absolute atomic E-state index is 12.8. The minimum absolute atomic E-state index is 0.0751. The summed E-state index contributed by atoms with van der Waals surface area (Å²) in [5.74, 6) is 0.154. The summed E-state index contributed by atoms with van der Waals surface area (Å²) in [5.41, 5.74) is 1.83.